The number of nitrogens with zero attached hydrogens (tertiary/aromatic N) is 2. The summed E-state index contributed by atoms with van der Waals surface area (Å²) < 4.78 is 2.09. The van der Waals surface area contributed by atoms with Crippen LogP contribution < -0.4 is 0 Å². The molecule has 0 aliphatic heterocycles. The smallest absolute Gasteiger partial charge is 0.0955 e. The minimum atomic E-state index is 1.04. The Labute approximate surface area is 140 Å². The number of fused-ring (bicyclic) bond motifs is 4. The number of aryl methyl sites for hydroxylation is 1. The van der Waals surface area contributed by atoms with Crippen molar-refractivity contribution in [1.82, 2.24) is 9.55 Å². The zero-order valence-corrected chi connectivity index (χ0v) is 13.4. The van der Waals surface area contributed by atoms with Gasteiger partial charge in [0.05, 0.1) is 17.4 Å². The van der Waals surface area contributed by atoms with Crippen LogP contribution in [0.3, 0.4) is 0 Å². The summed E-state index contributed by atoms with van der Waals surface area (Å²) in [6.07, 6.45) is 1.88. The second kappa shape index (κ2) is 4.93. The Bertz CT molecular complexity index is 1210. The van der Waals surface area contributed by atoms with E-state index >= 15 is 0 Å². The molecule has 114 valence electrons. The molecule has 5 rings (SSSR count). The number of aromatic nitrogens is 2. The molecule has 1 aromatic heterocycles. The first-order valence-electron chi connectivity index (χ1n) is 8.13. The SMILES string of the molecule is Cn1cnc2cccc(-c3ccc4c(ccc5ccccc54)c3)c21. The van der Waals surface area contributed by atoms with E-state index in [0.717, 1.165) is 5.52 Å². The third-order valence-corrected chi connectivity index (χ3v) is 4.79. The van der Waals surface area contributed by atoms with Gasteiger partial charge in [0.25, 0.3) is 0 Å². The molecule has 0 atom stereocenters. The lowest BCUT2D eigenvalue weighted by atomic mass is 9.97. The van der Waals surface area contributed by atoms with Crippen LogP contribution in [-0.4, -0.2) is 9.55 Å². The van der Waals surface area contributed by atoms with Crippen molar-refractivity contribution in [3.63, 3.8) is 0 Å². The molecule has 0 saturated carbocycles. The number of hydrogen-bond acceptors (Lipinski definition) is 1. The maximum absolute atomic E-state index is 4.47. The first kappa shape index (κ1) is 13.3. The topological polar surface area (TPSA) is 17.8 Å². The zero-order chi connectivity index (χ0) is 16.1. The van der Waals surface area contributed by atoms with Crippen LogP contribution in [0, 0.1) is 0 Å². The van der Waals surface area contributed by atoms with Crippen molar-refractivity contribution in [3.8, 4) is 11.1 Å². The van der Waals surface area contributed by atoms with Gasteiger partial charge in [-0.1, -0.05) is 60.7 Å². The number of benzene rings is 4. The van der Waals surface area contributed by atoms with E-state index in [2.05, 4.69) is 82.3 Å². The maximum Gasteiger partial charge on any atom is 0.0955 e. The fourth-order valence-corrected chi connectivity index (χ4v) is 3.63. The highest BCUT2D eigenvalue weighted by molar-refractivity contribution is 6.09. The van der Waals surface area contributed by atoms with Crippen LogP contribution in [0.5, 0.6) is 0 Å². The van der Waals surface area contributed by atoms with Gasteiger partial charge in [0.1, 0.15) is 0 Å². The summed E-state index contributed by atoms with van der Waals surface area (Å²) in [5.41, 5.74) is 4.67. The monoisotopic (exact) mass is 308 g/mol. The van der Waals surface area contributed by atoms with E-state index in [1.54, 1.807) is 0 Å². The van der Waals surface area contributed by atoms with Crippen LogP contribution in [-0.2, 0) is 7.05 Å². The summed E-state index contributed by atoms with van der Waals surface area (Å²) in [4.78, 5) is 4.47. The molecule has 0 aliphatic carbocycles. The molecule has 2 nitrogen and oxygen atoms in total. The molecule has 0 amide bonds. The Balaban J connectivity index is 1.81. The van der Waals surface area contributed by atoms with Crippen molar-refractivity contribution in [1.29, 1.82) is 0 Å². The highest BCUT2D eigenvalue weighted by Gasteiger charge is 2.09. The van der Waals surface area contributed by atoms with Gasteiger partial charge in [-0.15, -0.1) is 0 Å². The quantitative estimate of drug-likeness (QED) is 0.371. The summed E-state index contributed by atoms with van der Waals surface area (Å²) in [6, 6.07) is 26.0. The molecular weight excluding hydrogens is 292 g/mol. The Morgan fingerprint density at radius 1 is 0.750 bits per heavy atom. The fraction of sp³-hybridized carbons (Fsp3) is 0.0455. The number of hydrogen-bond donors (Lipinski definition) is 0. The maximum atomic E-state index is 4.47. The zero-order valence-electron chi connectivity index (χ0n) is 13.4. The van der Waals surface area contributed by atoms with E-state index in [4.69, 9.17) is 0 Å². The molecule has 5 aromatic rings. The van der Waals surface area contributed by atoms with E-state index < -0.39 is 0 Å². The summed E-state index contributed by atoms with van der Waals surface area (Å²) in [5.74, 6) is 0. The molecule has 0 unspecified atom stereocenters. The third-order valence-electron chi connectivity index (χ3n) is 4.79. The van der Waals surface area contributed by atoms with Crippen LogP contribution in [0.1, 0.15) is 0 Å². The Kier molecular flexibility index (Phi) is 2.74. The fourth-order valence-electron chi connectivity index (χ4n) is 3.63. The van der Waals surface area contributed by atoms with Gasteiger partial charge in [-0.2, -0.15) is 0 Å². The molecular formula is C22H16N2. The van der Waals surface area contributed by atoms with Gasteiger partial charge >= 0.3 is 0 Å². The molecule has 0 radical (unpaired) electrons. The number of rotatable bonds is 1. The van der Waals surface area contributed by atoms with Crippen LogP contribution in [0.2, 0.25) is 0 Å². The lowest BCUT2D eigenvalue weighted by Crippen LogP contribution is -1.88. The normalized spacial score (nSPS) is 11.5. The molecule has 2 heteroatoms. The van der Waals surface area contributed by atoms with Crippen molar-refractivity contribution in [2.75, 3.05) is 0 Å². The van der Waals surface area contributed by atoms with Gasteiger partial charge in [0.2, 0.25) is 0 Å². The van der Waals surface area contributed by atoms with Crippen molar-refractivity contribution < 1.29 is 0 Å². The van der Waals surface area contributed by atoms with Crippen molar-refractivity contribution in [2.24, 2.45) is 7.05 Å². The summed E-state index contributed by atoms with van der Waals surface area (Å²) >= 11 is 0. The van der Waals surface area contributed by atoms with Crippen LogP contribution in [0.25, 0.3) is 43.7 Å². The first-order chi connectivity index (χ1) is 11.8. The van der Waals surface area contributed by atoms with Gasteiger partial charge in [0.15, 0.2) is 0 Å². The van der Waals surface area contributed by atoms with Crippen molar-refractivity contribution in [3.05, 3.63) is 79.1 Å². The van der Waals surface area contributed by atoms with Gasteiger partial charge in [-0.05, 0) is 39.2 Å². The minimum absolute atomic E-state index is 1.04. The molecule has 24 heavy (non-hydrogen) atoms. The van der Waals surface area contributed by atoms with Crippen LogP contribution >= 0.6 is 0 Å². The third kappa shape index (κ3) is 1.86. The highest BCUT2D eigenvalue weighted by Crippen LogP contribution is 2.32. The van der Waals surface area contributed by atoms with E-state index in [9.17, 15) is 0 Å². The molecule has 0 bridgehead atoms. The number of imidazole rings is 1. The first-order valence-corrected chi connectivity index (χ1v) is 8.13. The Morgan fingerprint density at radius 2 is 1.58 bits per heavy atom. The minimum Gasteiger partial charge on any atom is -0.333 e. The van der Waals surface area contributed by atoms with Crippen LogP contribution in [0.4, 0.5) is 0 Å². The van der Waals surface area contributed by atoms with E-state index in [-0.39, 0.29) is 0 Å². The molecule has 0 fully saturated rings. The largest absolute Gasteiger partial charge is 0.333 e. The summed E-state index contributed by atoms with van der Waals surface area (Å²) in [5, 5.41) is 5.16. The van der Waals surface area contributed by atoms with E-state index in [1.165, 1.54) is 38.2 Å². The van der Waals surface area contributed by atoms with Gasteiger partial charge in [-0.3, -0.25) is 0 Å². The second-order valence-corrected chi connectivity index (χ2v) is 6.25. The average Bonchev–Trinajstić information content (AvgIpc) is 3.02. The van der Waals surface area contributed by atoms with Gasteiger partial charge in [0, 0.05) is 12.6 Å². The van der Waals surface area contributed by atoms with E-state index in [0.29, 0.717) is 0 Å². The lowest BCUT2D eigenvalue weighted by molar-refractivity contribution is 0.948. The van der Waals surface area contributed by atoms with Crippen molar-refractivity contribution in [2.45, 2.75) is 0 Å². The van der Waals surface area contributed by atoms with Crippen LogP contribution in [0.15, 0.2) is 79.1 Å². The molecule has 0 N–H and O–H groups in total. The standard InChI is InChI=1S/C22H16N2/c1-24-14-23-21-8-4-7-20(22(21)24)17-11-12-19-16(13-17)10-9-15-5-2-3-6-18(15)19/h2-14H,1H3. The second-order valence-electron chi connectivity index (χ2n) is 6.25. The summed E-state index contributed by atoms with van der Waals surface area (Å²) in [7, 11) is 2.05. The van der Waals surface area contributed by atoms with Gasteiger partial charge < -0.3 is 4.57 Å². The van der Waals surface area contributed by atoms with Gasteiger partial charge in [-0.25, -0.2) is 4.98 Å². The average molecular weight is 308 g/mol. The molecule has 4 aromatic carbocycles. The van der Waals surface area contributed by atoms with Crippen molar-refractivity contribution >= 4 is 32.6 Å². The number of para-hydroxylation sites is 1. The Morgan fingerprint density at radius 3 is 2.54 bits per heavy atom. The molecule has 0 spiro atoms. The lowest BCUT2D eigenvalue weighted by Gasteiger charge is -2.09. The predicted molar refractivity (Wildman–Crippen MR) is 101 cm³/mol. The molecule has 1 heterocycles. The molecule has 0 aliphatic rings. The van der Waals surface area contributed by atoms with E-state index in [1.807, 2.05) is 13.4 Å². The predicted octanol–water partition coefficient (Wildman–Crippen LogP) is 5.55. The molecule has 0 saturated heterocycles. The Hall–Kier alpha value is -3.13. The highest BCUT2D eigenvalue weighted by atomic mass is 15.0. The summed E-state index contributed by atoms with van der Waals surface area (Å²) in [6.45, 7) is 0.